The number of rotatable bonds is 7. The minimum Gasteiger partial charge on any atom is -0.372 e. The maximum Gasteiger partial charge on any atom is 0.411 e. The molecule has 2 nitrogen and oxygen atoms in total. The maximum absolute atomic E-state index is 11.8. The standard InChI is InChI=1S/C10H18F3NO/c1-2-8(5-14-9-3-4-9)6-15-7-10(11,12)13/h8-9,14H,2-7H2,1H3. The van der Waals surface area contributed by atoms with E-state index in [0.29, 0.717) is 6.04 Å². The number of hydrogen-bond donors (Lipinski definition) is 1. The van der Waals surface area contributed by atoms with Gasteiger partial charge in [-0.15, -0.1) is 0 Å². The summed E-state index contributed by atoms with van der Waals surface area (Å²) in [6.45, 7) is 1.79. The molecule has 0 amide bonds. The van der Waals surface area contributed by atoms with Gasteiger partial charge in [-0.1, -0.05) is 6.92 Å². The van der Waals surface area contributed by atoms with Gasteiger partial charge in [0.2, 0.25) is 0 Å². The van der Waals surface area contributed by atoms with E-state index in [-0.39, 0.29) is 12.5 Å². The molecule has 1 rings (SSSR count). The van der Waals surface area contributed by atoms with Crippen LogP contribution in [0.2, 0.25) is 0 Å². The summed E-state index contributed by atoms with van der Waals surface area (Å²) >= 11 is 0. The van der Waals surface area contributed by atoms with Crippen molar-refractivity contribution in [2.24, 2.45) is 5.92 Å². The predicted octanol–water partition coefficient (Wildman–Crippen LogP) is 2.34. The molecule has 1 unspecified atom stereocenters. The number of ether oxygens (including phenoxy) is 1. The first-order valence-electron chi connectivity index (χ1n) is 5.39. The van der Waals surface area contributed by atoms with Crippen LogP contribution in [0.3, 0.4) is 0 Å². The summed E-state index contributed by atoms with van der Waals surface area (Å²) in [5.41, 5.74) is 0. The van der Waals surface area contributed by atoms with Gasteiger partial charge in [-0.25, -0.2) is 0 Å². The summed E-state index contributed by atoms with van der Waals surface area (Å²) in [7, 11) is 0. The molecular weight excluding hydrogens is 207 g/mol. The van der Waals surface area contributed by atoms with Crippen LogP contribution in [-0.4, -0.2) is 32.0 Å². The Labute approximate surface area is 88.2 Å². The molecule has 0 bridgehead atoms. The van der Waals surface area contributed by atoms with Crippen LogP contribution in [0, 0.1) is 5.92 Å². The zero-order chi connectivity index (χ0) is 11.3. The predicted molar refractivity (Wildman–Crippen MR) is 51.7 cm³/mol. The highest BCUT2D eigenvalue weighted by molar-refractivity contribution is 4.81. The zero-order valence-corrected chi connectivity index (χ0v) is 8.94. The van der Waals surface area contributed by atoms with Crippen LogP contribution in [-0.2, 0) is 4.74 Å². The average molecular weight is 225 g/mol. The molecular formula is C10H18F3NO. The molecule has 0 heterocycles. The number of hydrogen-bond acceptors (Lipinski definition) is 2. The van der Waals surface area contributed by atoms with Crippen LogP contribution >= 0.6 is 0 Å². The highest BCUT2D eigenvalue weighted by Crippen LogP contribution is 2.19. The monoisotopic (exact) mass is 225 g/mol. The fourth-order valence-electron chi connectivity index (χ4n) is 1.28. The minimum absolute atomic E-state index is 0.188. The molecule has 0 aromatic rings. The fraction of sp³-hybridized carbons (Fsp3) is 1.00. The first-order valence-corrected chi connectivity index (χ1v) is 5.39. The van der Waals surface area contributed by atoms with Crippen molar-refractivity contribution in [2.45, 2.75) is 38.4 Å². The summed E-state index contributed by atoms with van der Waals surface area (Å²) in [6, 6.07) is 0.599. The third kappa shape index (κ3) is 6.73. The van der Waals surface area contributed by atoms with E-state index in [1.54, 1.807) is 0 Å². The van der Waals surface area contributed by atoms with Crippen molar-refractivity contribution in [3.63, 3.8) is 0 Å². The largest absolute Gasteiger partial charge is 0.411 e. The van der Waals surface area contributed by atoms with E-state index in [1.165, 1.54) is 12.8 Å². The fourth-order valence-corrected chi connectivity index (χ4v) is 1.28. The Hall–Kier alpha value is -0.290. The van der Waals surface area contributed by atoms with E-state index in [2.05, 4.69) is 10.1 Å². The van der Waals surface area contributed by atoms with Crippen molar-refractivity contribution in [1.82, 2.24) is 5.32 Å². The molecule has 0 aromatic heterocycles. The van der Waals surface area contributed by atoms with Crippen LogP contribution in [0.15, 0.2) is 0 Å². The van der Waals surface area contributed by atoms with E-state index < -0.39 is 12.8 Å². The molecule has 0 radical (unpaired) electrons. The second kappa shape index (κ2) is 5.70. The van der Waals surface area contributed by atoms with Crippen LogP contribution in [0.1, 0.15) is 26.2 Å². The Morgan fingerprint density at radius 1 is 1.40 bits per heavy atom. The molecule has 0 saturated heterocycles. The summed E-state index contributed by atoms with van der Waals surface area (Å²) in [5, 5.41) is 3.29. The number of halogens is 3. The lowest BCUT2D eigenvalue weighted by Gasteiger charge is -2.16. The van der Waals surface area contributed by atoms with Crippen molar-refractivity contribution in [2.75, 3.05) is 19.8 Å². The molecule has 15 heavy (non-hydrogen) atoms. The van der Waals surface area contributed by atoms with Crippen molar-refractivity contribution < 1.29 is 17.9 Å². The summed E-state index contributed by atoms with van der Waals surface area (Å²) in [5.74, 6) is 0.188. The Kier molecular flexibility index (Phi) is 4.86. The minimum atomic E-state index is -4.21. The van der Waals surface area contributed by atoms with Gasteiger partial charge in [0.05, 0.1) is 6.61 Å². The molecule has 0 spiro atoms. The molecule has 1 N–H and O–H groups in total. The Morgan fingerprint density at radius 3 is 2.53 bits per heavy atom. The van der Waals surface area contributed by atoms with E-state index in [1.807, 2.05) is 6.92 Å². The number of nitrogens with one attached hydrogen (secondary N) is 1. The van der Waals surface area contributed by atoms with E-state index in [4.69, 9.17) is 0 Å². The molecule has 1 aliphatic rings. The molecule has 1 atom stereocenters. The van der Waals surface area contributed by atoms with Gasteiger partial charge < -0.3 is 10.1 Å². The zero-order valence-electron chi connectivity index (χ0n) is 8.94. The second-order valence-electron chi connectivity index (χ2n) is 4.09. The van der Waals surface area contributed by atoms with Crippen LogP contribution in [0.5, 0.6) is 0 Å². The summed E-state index contributed by atoms with van der Waals surface area (Å²) in [6.07, 6.45) is -0.973. The third-order valence-corrected chi connectivity index (χ3v) is 2.47. The summed E-state index contributed by atoms with van der Waals surface area (Å²) < 4.78 is 40.0. The van der Waals surface area contributed by atoms with Gasteiger partial charge in [-0.3, -0.25) is 0 Å². The molecule has 90 valence electrons. The molecule has 5 heteroatoms. The van der Waals surface area contributed by atoms with Crippen LogP contribution in [0.25, 0.3) is 0 Å². The smallest absolute Gasteiger partial charge is 0.372 e. The Bertz CT molecular complexity index is 180. The first kappa shape index (κ1) is 12.8. The Balaban J connectivity index is 2.04. The van der Waals surface area contributed by atoms with Crippen molar-refractivity contribution >= 4 is 0 Å². The lowest BCUT2D eigenvalue weighted by Crippen LogP contribution is -2.28. The van der Waals surface area contributed by atoms with Gasteiger partial charge in [-0.05, 0) is 25.2 Å². The molecule has 0 aromatic carbocycles. The maximum atomic E-state index is 11.8. The van der Waals surface area contributed by atoms with Gasteiger partial charge in [0.25, 0.3) is 0 Å². The lowest BCUT2D eigenvalue weighted by atomic mass is 10.1. The van der Waals surface area contributed by atoms with Gasteiger partial charge >= 0.3 is 6.18 Å². The highest BCUT2D eigenvalue weighted by atomic mass is 19.4. The average Bonchev–Trinajstić information content (AvgIpc) is 2.92. The topological polar surface area (TPSA) is 21.3 Å². The lowest BCUT2D eigenvalue weighted by molar-refractivity contribution is -0.176. The third-order valence-electron chi connectivity index (χ3n) is 2.47. The van der Waals surface area contributed by atoms with Gasteiger partial charge in [0, 0.05) is 12.6 Å². The van der Waals surface area contributed by atoms with Gasteiger partial charge in [-0.2, -0.15) is 13.2 Å². The first-order chi connectivity index (χ1) is 7.01. The van der Waals surface area contributed by atoms with Crippen molar-refractivity contribution in [3.8, 4) is 0 Å². The molecule has 1 fully saturated rings. The van der Waals surface area contributed by atoms with E-state index in [0.717, 1.165) is 13.0 Å². The van der Waals surface area contributed by atoms with E-state index >= 15 is 0 Å². The second-order valence-corrected chi connectivity index (χ2v) is 4.09. The Morgan fingerprint density at radius 2 is 2.07 bits per heavy atom. The summed E-state index contributed by atoms with van der Waals surface area (Å²) in [4.78, 5) is 0. The quantitative estimate of drug-likeness (QED) is 0.718. The van der Waals surface area contributed by atoms with Crippen molar-refractivity contribution in [1.29, 1.82) is 0 Å². The van der Waals surface area contributed by atoms with Gasteiger partial charge in [0.15, 0.2) is 0 Å². The molecule has 0 aliphatic heterocycles. The normalized spacial score (nSPS) is 19.2. The number of alkyl halides is 3. The van der Waals surface area contributed by atoms with Crippen LogP contribution < -0.4 is 5.32 Å². The van der Waals surface area contributed by atoms with Crippen molar-refractivity contribution in [3.05, 3.63) is 0 Å². The van der Waals surface area contributed by atoms with Gasteiger partial charge in [0.1, 0.15) is 6.61 Å². The van der Waals surface area contributed by atoms with E-state index in [9.17, 15) is 13.2 Å². The van der Waals surface area contributed by atoms with Crippen LogP contribution in [0.4, 0.5) is 13.2 Å². The molecule has 1 aliphatic carbocycles. The highest BCUT2D eigenvalue weighted by Gasteiger charge is 2.28. The SMILES string of the molecule is CCC(CNC1CC1)COCC(F)(F)F. The molecule has 1 saturated carbocycles.